The van der Waals surface area contributed by atoms with Crippen LogP contribution < -0.4 is 0 Å². The minimum absolute atomic E-state index is 0.0295. The first-order valence-corrected chi connectivity index (χ1v) is 8.45. The lowest BCUT2D eigenvalue weighted by Crippen LogP contribution is -2.35. The van der Waals surface area contributed by atoms with Crippen LogP contribution in [-0.4, -0.2) is 38.2 Å². The summed E-state index contributed by atoms with van der Waals surface area (Å²) in [5.41, 5.74) is 0. The number of hydrogen-bond acceptors (Lipinski definition) is 6. The fourth-order valence-electron chi connectivity index (χ4n) is 2.63. The van der Waals surface area contributed by atoms with Gasteiger partial charge >= 0.3 is 17.9 Å². The third-order valence-electron chi connectivity index (χ3n) is 3.91. The zero-order valence-electron chi connectivity index (χ0n) is 14.8. The molecule has 0 unspecified atom stereocenters. The smallest absolute Gasteiger partial charge is 0.330 e. The molecule has 0 N–H and O–H groups in total. The van der Waals surface area contributed by atoms with E-state index < -0.39 is 23.8 Å². The Balaban J connectivity index is 2.51. The fraction of sp³-hybridized carbons (Fsp3) is 0.526. The Bertz CT molecular complexity index is 532. The molecule has 0 amide bonds. The lowest BCUT2D eigenvalue weighted by molar-refractivity contribution is -0.161. The molecule has 138 valence electrons. The Morgan fingerprint density at radius 3 is 2.00 bits per heavy atom. The third-order valence-corrected chi connectivity index (χ3v) is 3.91. The summed E-state index contributed by atoms with van der Waals surface area (Å²) in [6, 6.07) is 0. The summed E-state index contributed by atoms with van der Waals surface area (Å²) in [6.07, 6.45) is 12.9. The number of carbonyl (C=O) groups is 3. The summed E-state index contributed by atoms with van der Waals surface area (Å²) < 4.78 is 14.8. The predicted octanol–water partition coefficient (Wildman–Crippen LogP) is 2.74. The third kappa shape index (κ3) is 7.83. The molecule has 0 bridgehead atoms. The highest BCUT2D eigenvalue weighted by Crippen LogP contribution is 2.32. The van der Waals surface area contributed by atoms with Crippen LogP contribution in [0.4, 0.5) is 0 Å². The molecule has 1 aliphatic carbocycles. The maximum atomic E-state index is 12.2. The molecular weight excluding hydrogens is 324 g/mol. The van der Waals surface area contributed by atoms with Crippen LogP contribution in [0.5, 0.6) is 0 Å². The van der Waals surface area contributed by atoms with Crippen molar-refractivity contribution >= 4 is 17.9 Å². The van der Waals surface area contributed by atoms with Gasteiger partial charge in [-0.2, -0.15) is 0 Å². The normalized spacial score (nSPS) is 20.9. The summed E-state index contributed by atoms with van der Waals surface area (Å²) in [7, 11) is 1.27. The Hall–Kier alpha value is -2.37. The number of methoxy groups -OCH3 is 1. The van der Waals surface area contributed by atoms with Gasteiger partial charge in [-0.25, -0.2) is 4.79 Å². The predicted molar refractivity (Wildman–Crippen MR) is 92.5 cm³/mol. The summed E-state index contributed by atoms with van der Waals surface area (Å²) in [6.45, 7) is 2.05. The van der Waals surface area contributed by atoms with Crippen molar-refractivity contribution in [3.8, 4) is 0 Å². The first kappa shape index (κ1) is 20.7. The molecule has 6 nitrogen and oxygen atoms in total. The molecule has 0 aromatic rings. The second-order valence-corrected chi connectivity index (χ2v) is 5.64. The SMILES string of the molecule is C/C=C/C=C/COC(=O)[C@@H]1CCCC[C@@H]1C(=O)OC/C=C/C(=O)OC. The fourth-order valence-corrected chi connectivity index (χ4v) is 2.63. The van der Waals surface area contributed by atoms with Crippen LogP contribution in [0.3, 0.4) is 0 Å². The Kier molecular flexibility index (Phi) is 9.97. The number of esters is 3. The van der Waals surface area contributed by atoms with Gasteiger partial charge in [0.05, 0.1) is 18.9 Å². The minimum atomic E-state index is -0.513. The Morgan fingerprint density at radius 2 is 1.48 bits per heavy atom. The van der Waals surface area contributed by atoms with E-state index in [1.807, 2.05) is 19.1 Å². The molecule has 2 atom stereocenters. The first-order chi connectivity index (χ1) is 12.1. The van der Waals surface area contributed by atoms with Crippen molar-refractivity contribution in [1.82, 2.24) is 0 Å². The minimum Gasteiger partial charge on any atom is -0.466 e. The molecule has 1 fully saturated rings. The molecular formula is C19H26O6. The monoisotopic (exact) mass is 350 g/mol. The van der Waals surface area contributed by atoms with E-state index >= 15 is 0 Å². The largest absolute Gasteiger partial charge is 0.466 e. The van der Waals surface area contributed by atoms with Crippen LogP contribution in [-0.2, 0) is 28.6 Å². The van der Waals surface area contributed by atoms with Crippen molar-refractivity contribution in [2.45, 2.75) is 32.6 Å². The molecule has 25 heavy (non-hydrogen) atoms. The second kappa shape index (κ2) is 12.1. The number of allylic oxidation sites excluding steroid dienone is 3. The van der Waals surface area contributed by atoms with Crippen molar-refractivity contribution in [2.75, 3.05) is 20.3 Å². The van der Waals surface area contributed by atoms with Crippen LogP contribution in [0.15, 0.2) is 36.5 Å². The summed E-state index contributed by atoms with van der Waals surface area (Å²) in [4.78, 5) is 35.4. The van der Waals surface area contributed by atoms with Crippen LogP contribution in [0.25, 0.3) is 0 Å². The van der Waals surface area contributed by atoms with Gasteiger partial charge in [0.25, 0.3) is 0 Å². The molecule has 0 saturated heterocycles. The van der Waals surface area contributed by atoms with Gasteiger partial charge in [-0.3, -0.25) is 9.59 Å². The summed E-state index contributed by atoms with van der Waals surface area (Å²) >= 11 is 0. The Morgan fingerprint density at radius 1 is 0.920 bits per heavy atom. The van der Waals surface area contributed by atoms with E-state index in [0.29, 0.717) is 12.8 Å². The van der Waals surface area contributed by atoms with E-state index in [4.69, 9.17) is 9.47 Å². The molecule has 1 aliphatic rings. The van der Waals surface area contributed by atoms with Crippen molar-refractivity contribution in [3.05, 3.63) is 36.5 Å². The van der Waals surface area contributed by atoms with Gasteiger partial charge in [0.1, 0.15) is 13.2 Å². The molecule has 0 aromatic heterocycles. The van der Waals surface area contributed by atoms with Crippen LogP contribution in [0.1, 0.15) is 32.6 Å². The molecule has 0 aliphatic heterocycles. The number of carbonyl (C=O) groups excluding carboxylic acids is 3. The zero-order chi connectivity index (χ0) is 18.5. The van der Waals surface area contributed by atoms with Gasteiger partial charge in [-0.05, 0) is 31.9 Å². The maximum Gasteiger partial charge on any atom is 0.330 e. The van der Waals surface area contributed by atoms with Crippen molar-refractivity contribution in [1.29, 1.82) is 0 Å². The molecule has 0 spiro atoms. The average Bonchev–Trinajstić information content (AvgIpc) is 2.64. The molecule has 0 aromatic carbocycles. The van der Waals surface area contributed by atoms with Crippen molar-refractivity contribution in [2.24, 2.45) is 11.8 Å². The van der Waals surface area contributed by atoms with Crippen molar-refractivity contribution < 1.29 is 28.6 Å². The van der Waals surface area contributed by atoms with E-state index in [0.717, 1.165) is 12.8 Å². The second-order valence-electron chi connectivity index (χ2n) is 5.64. The molecule has 1 rings (SSSR count). The van der Waals surface area contributed by atoms with E-state index in [-0.39, 0.29) is 19.2 Å². The lowest BCUT2D eigenvalue weighted by atomic mass is 9.79. The van der Waals surface area contributed by atoms with E-state index in [1.54, 1.807) is 12.2 Å². The standard InChI is InChI=1S/C19H26O6/c1-3-4-5-8-13-24-18(21)15-10-6-7-11-16(15)19(22)25-14-9-12-17(20)23-2/h3-5,8-9,12,15-16H,6-7,10-11,13-14H2,1-2H3/b4-3+,8-5+,12-9+/t15-,16+/m1/s1. The quantitative estimate of drug-likeness (QED) is 0.290. The van der Waals surface area contributed by atoms with E-state index in [9.17, 15) is 14.4 Å². The van der Waals surface area contributed by atoms with E-state index in [1.165, 1.54) is 19.3 Å². The van der Waals surface area contributed by atoms with Gasteiger partial charge in [0.15, 0.2) is 0 Å². The van der Waals surface area contributed by atoms with E-state index in [2.05, 4.69) is 4.74 Å². The van der Waals surface area contributed by atoms with Gasteiger partial charge in [0.2, 0.25) is 0 Å². The highest BCUT2D eigenvalue weighted by atomic mass is 16.5. The van der Waals surface area contributed by atoms with Crippen LogP contribution in [0, 0.1) is 11.8 Å². The lowest BCUT2D eigenvalue weighted by Gasteiger charge is -2.27. The summed E-state index contributed by atoms with van der Waals surface area (Å²) in [5, 5.41) is 0. The highest BCUT2D eigenvalue weighted by Gasteiger charge is 2.37. The highest BCUT2D eigenvalue weighted by molar-refractivity contribution is 5.83. The zero-order valence-corrected chi connectivity index (χ0v) is 14.8. The van der Waals surface area contributed by atoms with Gasteiger partial charge in [-0.1, -0.05) is 31.1 Å². The number of rotatable bonds is 8. The molecule has 6 heteroatoms. The topological polar surface area (TPSA) is 78.9 Å². The summed E-state index contributed by atoms with van der Waals surface area (Å²) in [5.74, 6) is -2.27. The average molecular weight is 350 g/mol. The van der Waals surface area contributed by atoms with Crippen molar-refractivity contribution in [3.63, 3.8) is 0 Å². The van der Waals surface area contributed by atoms with Gasteiger partial charge < -0.3 is 14.2 Å². The molecule has 1 saturated carbocycles. The number of hydrogen-bond donors (Lipinski definition) is 0. The van der Waals surface area contributed by atoms with Gasteiger partial charge in [-0.15, -0.1) is 0 Å². The molecule has 0 radical (unpaired) electrons. The van der Waals surface area contributed by atoms with Crippen LogP contribution in [0.2, 0.25) is 0 Å². The first-order valence-electron chi connectivity index (χ1n) is 8.45. The maximum absolute atomic E-state index is 12.2. The Labute approximate surface area is 148 Å². The number of ether oxygens (including phenoxy) is 3. The van der Waals surface area contributed by atoms with Crippen LogP contribution >= 0.6 is 0 Å². The van der Waals surface area contributed by atoms with Gasteiger partial charge in [0, 0.05) is 6.08 Å². The molecule has 0 heterocycles.